The van der Waals surface area contributed by atoms with Gasteiger partial charge in [-0.05, 0) is 116 Å². The predicted octanol–water partition coefficient (Wildman–Crippen LogP) is 4.48. The van der Waals surface area contributed by atoms with Crippen LogP contribution in [-0.2, 0) is 23.9 Å². The van der Waals surface area contributed by atoms with E-state index in [1.54, 1.807) is 0 Å². The Morgan fingerprint density at radius 3 is 1.39 bits per heavy atom. The van der Waals surface area contributed by atoms with E-state index in [1.165, 1.54) is 0 Å². The molecule has 0 rings (SSSR count). The molecule has 0 aliphatic rings. The number of carbonyl (C=O) groups excluding carboxylic acids is 3. The molecule has 10 heteroatoms. The third-order valence-corrected chi connectivity index (χ3v) is 7.62. The lowest BCUT2D eigenvalue weighted by atomic mass is 9.89. The van der Waals surface area contributed by atoms with Crippen LogP contribution in [0.3, 0.4) is 0 Å². The van der Waals surface area contributed by atoms with Gasteiger partial charge in [-0.25, -0.2) is 0 Å². The van der Waals surface area contributed by atoms with Gasteiger partial charge in [0, 0.05) is 31.6 Å². The summed E-state index contributed by atoms with van der Waals surface area (Å²) in [5, 5.41) is 2.96. The van der Waals surface area contributed by atoms with E-state index in [4.69, 9.17) is 9.47 Å². The molecule has 0 aliphatic heterocycles. The van der Waals surface area contributed by atoms with E-state index in [-0.39, 0.29) is 34.8 Å². The second kappa shape index (κ2) is 23.6. The van der Waals surface area contributed by atoms with Crippen LogP contribution < -0.4 is 5.32 Å². The van der Waals surface area contributed by atoms with Crippen molar-refractivity contribution in [2.75, 3.05) is 95.7 Å². The molecule has 0 aliphatic carbocycles. The van der Waals surface area contributed by atoms with Crippen molar-refractivity contribution in [1.82, 2.24) is 24.9 Å². The van der Waals surface area contributed by atoms with Gasteiger partial charge in [-0.15, -0.1) is 0 Å². The molecule has 44 heavy (non-hydrogen) atoms. The molecule has 0 heterocycles. The van der Waals surface area contributed by atoms with E-state index >= 15 is 0 Å². The Morgan fingerprint density at radius 2 is 1.02 bits per heavy atom. The molecule has 0 aromatic heterocycles. The average molecular weight is 632 g/mol. The maximum absolute atomic E-state index is 12.0. The first-order valence-corrected chi connectivity index (χ1v) is 16.2. The van der Waals surface area contributed by atoms with Crippen LogP contribution >= 0.6 is 0 Å². The van der Waals surface area contributed by atoms with Crippen molar-refractivity contribution in [1.29, 1.82) is 0 Å². The molecule has 0 unspecified atom stereocenters. The van der Waals surface area contributed by atoms with Gasteiger partial charge in [0.1, 0.15) is 12.7 Å². The van der Waals surface area contributed by atoms with Crippen LogP contribution in [0.15, 0.2) is 0 Å². The number of rotatable bonds is 18. The molecule has 0 spiro atoms. The summed E-state index contributed by atoms with van der Waals surface area (Å²) in [6, 6.07) is 0. The lowest BCUT2D eigenvalue weighted by molar-refractivity contribution is -0.161. The number of hydrogen-bond donors (Lipinski definition) is 1. The summed E-state index contributed by atoms with van der Waals surface area (Å²) < 4.78 is 10.7. The normalized spacial score (nSPS) is 12.1. The SMILES string of the molecule is CCC(C)(C)C(=O)NCCCN(C)C.CCC(C)(C)C(=O)OC(CN(C)C)CN(C)C.CCC(C)(C)C(=O)OCCN(C)C. The molecule has 0 saturated heterocycles. The number of ether oxygens (including phenoxy) is 2. The van der Waals surface area contributed by atoms with Gasteiger partial charge in [0.15, 0.2) is 0 Å². The smallest absolute Gasteiger partial charge is 0.311 e. The fourth-order valence-corrected chi connectivity index (χ4v) is 3.06. The van der Waals surface area contributed by atoms with Crippen LogP contribution in [0.4, 0.5) is 0 Å². The highest BCUT2D eigenvalue weighted by atomic mass is 16.5. The molecule has 0 aromatic carbocycles. The van der Waals surface area contributed by atoms with Crippen molar-refractivity contribution in [3.8, 4) is 0 Å². The zero-order valence-corrected chi connectivity index (χ0v) is 32.0. The Bertz CT molecular complexity index is 770. The van der Waals surface area contributed by atoms with Crippen LogP contribution in [0.1, 0.15) is 88.0 Å². The van der Waals surface area contributed by atoms with Crippen molar-refractivity contribution in [2.24, 2.45) is 16.2 Å². The van der Waals surface area contributed by atoms with Crippen LogP contribution in [0.5, 0.6) is 0 Å². The summed E-state index contributed by atoms with van der Waals surface area (Å²) in [5.41, 5.74) is -0.957. The van der Waals surface area contributed by atoms with Gasteiger partial charge < -0.3 is 34.4 Å². The van der Waals surface area contributed by atoms with Crippen molar-refractivity contribution in [2.45, 2.75) is 94.1 Å². The van der Waals surface area contributed by atoms with Gasteiger partial charge in [-0.2, -0.15) is 0 Å². The van der Waals surface area contributed by atoms with E-state index in [0.717, 1.165) is 58.4 Å². The minimum Gasteiger partial charge on any atom is -0.464 e. The molecule has 0 aromatic rings. The Hall–Kier alpha value is -1.75. The molecule has 10 nitrogen and oxygen atoms in total. The van der Waals surface area contributed by atoms with Crippen LogP contribution in [0.25, 0.3) is 0 Å². The monoisotopic (exact) mass is 632 g/mol. The van der Waals surface area contributed by atoms with Gasteiger partial charge >= 0.3 is 11.9 Å². The van der Waals surface area contributed by atoms with E-state index < -0.39 is 5.41 Å². The molecule has 1 amide bonds. The van der Waals surface area contributed by atoms with E-state index in [0.29, 0.717) is 6.61 Å². The van der Waals surface area contributed by atoms with Crippen molar-refractivity contribution >= 4 is 17.8 Å². The minimum atomic E-state index is -0.392. The second-order valence-electron chi connectivity index (χ2n) is 14.6. The Labute approximate surface area is 272 Å². The maximum Gasteiger partial charge on any atom is 0.311 e. The van der Waals surface area contributed by atoms with Gasteiger partial charge in [-0.1, -0.05) is 34.6 Å². The summed E-state index contributed by atoms with van der Waals surface area (Å²) in [6.45, 7) is 22.2. The van der Waals surface area contributed by atoms with Crippen LogP contribution in [-0.4, -0.2) is 139 Å². The fraction of sp³-hybridized carbons (Fsp3) is 0.912. The molecule has 0 radical (unpaired) electrons. The molecule has 0 fully saturated rings. The Kier molecular flexibility index (Phi) is 25.0. The summed E-state index contributed by atoms with van der Waals surface area (Å²) in [6.07, 6.45) is 3.43. The van der Waals surface area contributed by atoms with Crippen LogP contribution in [0.2, 0.25) is 0 Å². The zero-order chi connectivity index (χ0) is 35.3. The average Bonchev–Trinajstić information content (AvgIpc) is 2.90. The molecule has 1 N–H and O–H groups in total. The van der Waals surface area contributed by atoms with Gasteiger partial charge in [0.25, 0.3) is 0 Å². The number of carbonyl (C=O) groups is 3. The highest BCUT2D eigenvalue weighted by molar-refractivity contribution is 5.81. The van der Waals surface area contributed by atoms with Crippen LogP contribution in [0, 0.1) is 16.2 Å². The lowest BCUT2D eigenvalue weighted by Gasteiger charge is -2.28. The first-order chi connectivity index (χ1) is 20.0. The predicted molar refractivity (Wildman–Crippen MR) is 185 cm³/mol. The van der Waals surface area contributed by atoms with Gasteiger partial charge in [0.2, 0.25) is 5.91 Å². The topological polar surface area (TPSA) is 94.7 Å². The Morgan fingerprint density at radius 1 is 0.614 bits per heavy atom. The summed E-state index contributed by atoms with van der Waals surface area (Å²) in [4.78, 5) is 43.3. The molecule has 0 atom stereocenters. The number of nitrogens with zero attached hydrogens (tertiary/aromatic N) is 4. The summed E-state index contributed by atoms with van der Waals surface area (Å²) in [5.74, 6) is -0.0377. The molecular weight excluding hydrogens is 558 g/mol. The Balaban J connectivity index is -0.000000579. The van der Waals surface area contributed by atoms with E-state index in [1.807, 2.05) is 133 Å². The maximum atomic E-state index is 12.0. The highest BCUT2D eigenvalue weighted by Crippen LogP contribution is 2.23. The van der Waals surface area contributed by atoms with Crippen molar-refractivity contribution < 1.29 is 23.9 Å². The molecule has 264 valence electrons. The molecule has 0 bridgehead atoms. The first-order valence-electron chi connectivity index (χ1n) is 16.2. The van der Waals surface area contributed by atoms with Crippen molar-refractivity contribution in [3.05, 3.63) is 0 Å². The zero-order valence-electron chi connectivity index (χ0n) is 32.0. The number of amides is 1. The van der Waals surface area contributed by atoms with Gasteiger partial charge in [0.05, 0.1) is 10.8 Å². The first kappa shape index (κ1) is 46.7. The van der Waals surface area contributed by atoms with E-state index in [9.17, 15) is 14.4 Å². The summed E-state index contributed by atoms with van der Waals surface area (Å²) in [7, 11) is 15.9. The standard InChI is InChI=1S/C13H28N2O2.C11H24N2O.C10H21NO2/c1-8-13(2,3)12(16)17-11(9-14(4)5)10-15(6)7;1-6-11(2,3)10(14)12-8-7-9-13(4)5;1-6-10(2,3)9(12)13-8-7-11(4)5/h11H,8-10H2,1-7H3;6-9H2,1-5H3,(H,12,14);6-8H2,1-5H3. The quantitative estimate of drug-likeness (QED) is 0.174. The second-order valence-corrected chi connectivity index (χ2v) is 14.6. The fourth-order valence-electron chi connectivity index (χ4n) is 3.06. The minimum absolute atomic E-state index is 0.0710. The third-order valence-electron chi connectivity index (χ3n) is 7.62. The number of nitrogens with one attached hydrogen (secondary N) is 1. The highest BCUT2D eigenvalue weighted by Gasteiger charge is 2.30. The lowest BCUT2D eigenvalue weighted by Crippen LogP contribution is -2.40. The third kappa shape index (κ3) is 24.6. The van der Waals surface area contributed by atoms with Gasteiger partial charge in [-0.3, -0.25) is 14.4 Å². The van der Waals surface area contributed by atoms with Crippen molar-refractivity contribution in [3.63, 3.8) is 0 Å². The molecular formula is C34H73N5O5. The largest absolute Gasteiger partial charge is 0.464 e. The summed E-state index contributed by atoms with van der Waals surface area (Å²) >= 11 is 0. The number of hydrogen-bond acceptors (Lipinski definition) is 9. The molecule has 0 saturated carbocycles. The number of likely N-dealkylation sites (N-methyl/N-ethyl adjacent to an activating group) is 3. The number of esters is 2. The van der Waals surface area contributed by atoms with E-state index in [2.05, 4.69) is 10.2 Å².